The maximum Gasteiger partial charge on any atom is 0.158 e. The van der Waals surface area contributed by atoms with Crippen molar-refractivity contribution in [1.82, 2.24) is 20.6 Å². The molecule has 0 aliphatic carbocycles. The standard InChI is InChI=1S/C25H32FN7/c1-16(27-6)19-7-10-23(28-13-19)30-18(3)33-20-11-12-32(14-20)22-9-8-21(31-24(22)33)17(2)29-15-25(4,5)26/h7-10,13,20,27,29H,1-3,11-12,14-15H2,4-6H3,(H,28,30). The van der Waals surface area contributed by atoms with Gasteiger partial charge in [0.1, 0.15) is 17.3 Å². The van der Waals surface area contributed by atoms with Gasteiger partial charge in [-0.25, -0.2) is 14.4 Å². The van der Waals surface area contributed by atoms with Crippen molar-refractivity contribution in [2.24, 2.45) is 0 Å². The van der Waals surface area contributed by atoms with E-state index in [1.54, 1.807) is 6.20 Å². The summed E-state index contributed by atoms with van der Waals surface area (Å²) in [7, 11) is 1.83. The van der Waals surface area contributed by atoms with Crippen LogP contribution in [0.1, 0.15) is 31.5 Å². The van der Waals surface area contributed by atoms with Crippen molar-refractivity contribution < 1.29 is 4.39 Å². The summed E-state index contributed by atoms with van der Waals surface area (Å²) in [6.45, 7) is 17.4. The van der Waals surface area contributed by atoms with Crippen LogP contribution in [-0.2, 0) is 0 Å². The molecule has 0 aromatic carbocycles. The molecular formula is C25H32FN7. The summed E-state index contributed by atoms with van der Waals surface area (Å²) < 4.78 is 13.9. The highest BCUT2D eigenvalue weighted by Crippen LogP contribution is 2.41. The van der Waals surface area contributed by atoms with E-state index in [0.717, 1.165) is 42.3 Å². The van der Waals surface area contributed by atoms with Crippen LogP contribution in [0.15, 0.2) is 56.0 Å². The Balaban J connectivity index is 1.57. The molecule has 2 aliphatic heterocycles. The first-order valence-electron chi connectivity index (χ1n) is 11.1. The van der Waals surface area contributed by atoms with Crippen LogP contribution in [0.4, 0.5) is 21.7 Å². The molecule has 174 valence electrons. The molecule has 2 bridgehead atoms. The van der Waals surface area contributed by atoms with Crippen LogP contribution in [0.25, 0.3) is 11.4 Å². The normalized spacial score (nSPS) is 16.8. The lowest BCUT2D eigenvalue weighted by Crippen LogP contribution is -2.43. The first-order chi connectivity index (χ1) is 15.7. The molecule has 1 unspecified atom stereocenters. The summed E-state index contributed by atoms with van der Waals surface area (Å²) in [4.78, 5) is 13.9. The minimum Gasteiger partial charge on any atom is -0.388 e. The molecule has 33 heavy (non-hydrogen) atoms. The molecule has 0 spiro atoms. The fourth-order valence-electron chi connectivity index (χ4n) is 4.13. The minimum absolute atomic E-state index is 0.166. The van der Waals surface area contributed by atoms with E-state index < -0.39 is 5.67 Å². The molecule has 0 amide bonds. The van der Waals surface area contributed by atoms with E-state index >= 15 is 0 Å². The monoisotopic (exact) mass is 449 g/mol. The van der Waals surface area contributed by atoms with Gasteiger partial charge in [-0.05, 0) is 44.5 Å². The fourth-order valence-corrected chi connectivity index (χ4v) is 4.13. The van der Waals surface area contributed by atoms with E-state index in [0.29, 0.717) is 23.0 Å². The van der Waals surface area contributed by atoms with Crippen LogP contribution >= 0.6 is 0 Å². The van der Waals surface area contributed by atoms with Gasteiger partial charge in [-0.1, -0.05) is 19.7 Å². The molecular weight excluding hydrogens is 417 g/mol. The summed E-state index contributed by atoms with van der Waals surface area (Å²) >= 11 is 0. The SMILES string of the molecule is C=C(NC)c1ccc(NC(=C)N2c3nc(C(=C)NCC(C)(C)F)ccc3N3CCC2C3)nc1. The summed E-state index contributed by atoms with van der Waals surface area (Å²) in [6, 6.07) is 8.12. The second-order valence-electron chi connectivity index (χ2n) is 9.08. The zero-order valence-corrected chi connectivity index (χ0v) is 19.6. The van der Waals surface area contributed by atoms with Crippen LogP contribution in [-0.4, -0.2) is 48.4 Å². The van der Waals surface area contributed by atoms with E-state index in [-0.39, 0.29) is 12.6 Å². The largest absolute Gasteiger partial charge is 0.388 e. The third-order valence-corrected chi connectivity index (χ3v) is 5.96. The van der Waals surface area contributed by atoms with Crippen molar-refractivity contribution >= 4 is 28.7 Å². The molecule has 0 saturated carbocycles. The highest BCUT2D eigenvalue weighted by Gasteiger charge is 2.38. The van der Waals surface area contributed by atoms with Gasteiger partial charge in [0.05, 0.1) is 23.1 Å². The molecule has 8 heteroatoms. The first-order valence-corrected chi connectivity index (χ1v) is 11.1. The Bertz CT molecular complexity index is 1070. The Morgan fingerprint density at radius 2 is 1.97 bits per heavy atom. The summed E-state index contributed by atoms with van der Waals surface area (Å²) in [5.41, 5.74) is 2.74. The van der Waals surface area contributed by atoms with Gasteiger partial charge in [0, 0.05) is 44.1 Å². The number of alkyl halides is 1. The summed E-state index contributed by atoms with van der Waals surface area (Å²) in [6.07, 6.45) is 2.78. The van der Waals surface area contributed by atoms with Crippen LogP contribution in [0.5, 0.6) is 0 Å². The highest BCUT2D eigenvalue weighted by molar-refractivity contribution is 5.77. The molecule has 1 atom stereocenters. The van der Waals surface area contributed by atoms with Gasteiger partial charge in [-0.2, -0.15) is 0 Å². The fraction of sp³-hybridized carbons (Fsp3) is 0.360. The summed E-state index contributed by atoms with van der Waals surface area (Å²) in [5.74, 6) is 2.23. The third kappa shape index (κ3) is 4.79. The minimum atomic E-state index is -1.34. The van der Waals surface area contributed by atoms with E-state index in [1.807, 2.05) is 25.2 Å². The van der Waals surface area contributed by atoms with Gasteiger partial charge in [0.2, 0.25) is 0 Å². The van der Waals surface area contributed by atoms with Gasteiger partial charge in [-0.15, -0.1) is 0 Å². The second kappa shape index (κ2) is 8.77. The Morgan fingerprint density at radius 3 is 2.64 bits per heavy atom. The molecule has 1 fully saturated rings. The third-order valence-electron chi connectivity index (χ3n) is 5.96. The maximum absolute atomic E-state index is 13.9. The van der Waals surface area contributed by atoms with Crippen LogP contribution < -0.4 is 25.8 Å². The van der Waals surface area contributed by atoms with Gasteiger partial charge in [0.15, 0.2) is 5.82 Å². The number of rotatable bonds is 9. The topological polar surface area (TPSA) is 68.3 Å². The molecule has 2 aromatic rings. The molecule has 2 aliphatic rings. The number of hydrogen-bond donors (Lipinski definition) is 3. The quantitative estimate of drug-likeness (QED) is 0.535. The average Bonchev–Trinajstić information content (AvgIpc) is 3.20. The number of halogens is 1. The Kier molecular flexibility index (Phi) is 6.01. The number of anilines is 3. The Morgan fingerprint density at radius 1 is 1.18 bits per heavy atom. The zero-order chi connectivity index (χ0) is 23.8. The van der Waals surface area contributed by atoms with Gasteiger partial charge >= 0.3 is 0 Å². The van der Waals surface area contributed by atoms with Crippen molar-refractivity contribution in [1.29, 1.82) is 0 Å². The van der Waals surface area contributed by atoms with E-state index in [1.165, 1.54) is 13.8 Å². The van der Waals surface area contributed by atoms with Crippen LogP contribution in [0, 0.1) is 0 Å². The predicted octanol–water partition coefficient (Wildman–Crippen LogP) is 3.96. The average molecular weight is 450 g/mol. The molecule has 2 aromatic heterocycles. The van der Waals surface area contributed by atoms with Gasteiger partial charge in [-0.3, -0.25) is 0 Å². The maximum atomic E-state index is 13.9. The van der Waals surface area contributed by atoms with Gasteiger partial charge in [0.25, 0.3) is 0 Å². The van der Waals surface area contributed by atoms with Crippen molar-refractivity contribution in [2.45, 2.75) is 32.0 Å². The lowest BCUT2D eigenvalue weighted by Gasteiger charge is -2.38. The zero-order valence-electron chi connectivity index (χ0n) is 19.6. The van der Waals surface area contributed by atoms with Crippen molar-refractivity contribution in [2.75, 3.05) is 41.8 Å². The number of fused-ring (bicyclic) bond motifs is 4. The molecule has 0 radical (unpaired) electrons. The number of nitrogens with zero attached hydrogens (tertiary/aromatic N) is 4. The Labute approximate surface area is 195 Å². The van der Waals surface area contributed by atoms with Crippen LogP contribution in [0.3, 0.4) is 0 Å². The first kappa shape index (κ1) is 22.6. The van der Waals surface area contributed by atoms with Crippen molar-refractivity contribution in [3.05, 3.63) is 67.3 Å². The van der Waals surface area contributed by atoms with E-state index in [9.17, 15) is 4.39 Å². The number of pyridine rings is 2. The molecule has 4 heterocycles. The number of aromatic nitrogens is 2. The molecule has 7 nitrogen and oxygen atoms in total. The lowest BCUT2D eigenvalue weighted by atomic mass is 10.1. The predicted molar refractivity (Wildman–Crippen MR) is 135 cm³/mol. The Hall–Kier alpha value is -3.55. The summed E-state index contributed by atoms with van der Waals surface area (Å²) in [5, 5.41) is 9.43. The van der Waals surface area contributed by atoms with Crippen molar-refractivity contribution in [3.8, 4) is 0 Å². The smallest absolute Gasteiger partial charge is 0.158 e. The van der Waals surface area contributed by atoms with E-state index in [2.05, 4.69) is 56.5 Å². The molecule has 3 N–H and O–H groups in total. The molecule has 1 saturated heterocycles. The second-order valence-corrected chi connectivity index (χ2v) is 9.08. The van der Waals surface area contributed by atoms with Crippen LogP contribution in [0.2, 0.25) is 0 Å². The molecule has 4 rings (SSSR count). The number of nitrogens with one attached hydrogen (secondary N) is 3. The van der Waals surface area contributed by atoms with Gasteiger partial charge < -0.3 is 25.8 Å². The van der Waals surface area contributed by atoms with Crippen molar-refractivity contribution in [3.63, 3.8) is 0 Å². The highest BCUT2D eigenvalue weighted by atomic mass is 19.1. The van der Waals surface area contributed by atoms with E-state index in [4.69, 9.17) is 4.98 Å². The number of hydrogen-bond acceptors (Lipinski definition) is 7. The lowest BCUT2D eigenvalue weighted by molar-refractivity contribution is 0.219.